The van der Waals surface area contributed by atoms with Crippen molar-refractivity contribution in [1.29, 1.82) is 0 Å². The fourth-order valence-electron chi connectivity index (χ4n) is 11.1. The molecule has 0 amide bonds. The minimum absolute atomic E-state index is 0.0762. The van der Waals surface area contributed by atoms with Crippen molar-refractivity contribution in [2.75, 3.05) is 0 Å². The average molecular weight is 810 g/mol. The van der Waals surface area contributed by atoms with Crippen LogP contribution in [0.15, 0.2) is 188 Å². The molecule has 3 nitrogen and oxygen atoms in total. The monoisotopic (exact) mass is 809 g/mol. The van der Waals surface area contributed by atoms with E-state index in [1.807, 2.05) is 24.3 Å². The number of rotatable bonds is 6. The van der Waals surface area contributed by atoms with Crippen LogP contribution in [0.2, 0.25) is 0 Å². The Morgan fingerprint density at radius 2 is 0.730 bits per heavy atom. The zero-order valence-electron chi connectivity index (χ0n) is 35.8. The van der Waals surface area contributed by atoms with Gasteiger partial charge in [-0.25, -0.2) is 15.0 Å². The summed E-state index contributed by atoms with van der Waals surface area (Å²) < 4.78 is 0. The molecule has 9 aromatic rings. The van der Waals surface area contributed by atoms with Gasteiger partial charge in [0.2, 0.25) is 0 Å². The van der Waals surface area contributed by atoms with Gasteiger partial charge in [0, 0.05) is 27.5 Å². The molecule has 0 saturated heterocycles. The van der Waals surface area contributed by atoms with Crippen molar-refractivity contribution in [1.82, 2.24) is 15.0 Å². The van der Waals surface area contributed by atoms with E-state index < -0.39 is 0 Å². The molecule has 1 spiro atoms. The molecule has 3 aliphatic rings. The molecule has 0 atom stereocenters. The van der Waals surface area contributed by atoms with Gasteiger partial charge in [-0.2, -0.15) is 0 Å². The van der Waals surface area contributed by atoms with E-state index in [1.165, 1.54) is 87.7 Å². The summed E-state index contributed by atoms with van der Waals surface area (Å²) in [6.45, 7) is 4.82. The zero-order chi connectivity index (χ0) is 42.1. The SMILES string of the molecule is CC1(C)c2ccc(-c3cccc(-c4ccc(-c5nc(-c6ccccc6)nc(-c6ccc(-c7ccccc7)cc6)n5)cc4)c3)cc2-c2cc3c(cc21)-c1ccccc1C31CCCCC1. The molecule has 0 unspecified atom stereocenters. The minimum atomic E-state index is -0.0762. The summed E-state index contributed by atoms with van der Waals surface area (Å²) in [5, 5.41) is 0. The molecule has 1 saturated carbocycles. The van der Waals surface area contributed by atoms with Gasteiger partial charge < -0.3 is 0 Å². The van der Waals surface area contributed by atoms with E-state index in [0.29, 0.717) is 17.5 Å². The second-order valence-electron chi connectivity index (χ2n) is 18.3. The highest BCUT2D eigenvalue weighted by atomic mass is 15.0. The minimum Gasteiger partial charge on any atom is -0.208 e. The van der Waals surface area contributed by atoms with Crippen LogP contribution < -0.4 is 0 Å². The summed E-state index contributed by atoms with van der Waals surface area (Å²) in [7, 11) is 0. The molecule has 12 rings (SSSR count). The number of fused-ring (bicyclic) bond motifs is 8. The van der Waals surface area contributed by atoms with Gasteiger partial charge in [-0.05, 0) is 115 Å². The lowest BCUT2D eigenvalue weighted by Crippen LogP contribution is -2.28. The first-order valence-electron chi connectivity index (χ1n) is 22.6. The molecule has 1 fully saturated rings. The molecular formula is C60H47N3. The highest BCUT2D eigenvalue weighted by Gasteiger charge is 2.46. The van der Waals surface area contributed by atoms with Crippen molar-refractivity contribution in [3.05, 3.63) is 210 Å². The van der Waals surface area contributed by atoms with E-state index in [4.69, 9.17) is 15.0 Å². The molecule has 0 aliphatic heterocycles. The lowest BCUT2D eigenvalue weighted by atomic mass is 9.67. The third kappa shape index (κ3) is 6.21. The van der Waals surface area contributed by atoms with E-state index >= 15 is 0 Å². The van der Waals surface area contributed by atoms with Gasteiger partial charge in [0.05, 0.1) is 0 Å². The maximum absolute atomic E-state index is 5.04. The molecule has 1 aromatic heterocycles. The van der Waals surface area contributed by atoms with Crippen LogP contribution in [-0.2, 0) is 10.8 Å². The zero-order valence-corrected chi connectivity index (χ0v) is 35.8. The maximum Gasteiger partial charge on any atom is 0.164 e. The molecule has 0 bridgehead atoms. The molecule has 0 N–H and O–H groups in total. The Morgan fingerprint density at radius 1 is 0.302 bits per heavy atom. The largest absolute Gasteiger partial charge is 0.208 e. The summed E-state index contributed by atoms with van der Waals surface area (Å²) >= 11 is 0. The van der Waals surface area contributed by atoms with E-state index in [0.717, 1.165) is 27.8 Å². The summed E-state index contributed by atoms with van der Waals surface area (Å²) in [6, 6.07) is 68.4. The average Bonchev–Trinajstić information content (AvgIpc) is 3.74. The van der Waals surface area contributed by atoms with Crippen LogP contribution in [0.25, 0.3) is 89.8 Å². The van der Waals surface area contributed by atoms with Crippen molar-refractivity contribution in [3.8, 4) is 89.8 Å². The van der Waals surface area contributed by atoms with Crippen LogP contribution in [0.5, 0.6) is 0 Å². The Hall–Kier alpha value is -7.23. The summed E-state index contributed by atoms with van der Waals surface area (Å²) in [6.07, 6.45) is 6.43. The number of aromatic nitrogens is 3. The van der Waals surface area contributed by atoms with Gasteiger partial charge in [0.1, 0.15) is 0 Å². The summed E-state index contributed by atoms with van der Waals surface area (Å²) in [5.74, 6) is 1.96. The van der Waals surface area contributed by atoms with Crippen LogP contribution in [0.4, 0.5) is 0 Å². The Morgan fingerprint density at radius 3 is 1.38 bits per heavy atom. The smallest absolute Gasteiger partial charge is 0.164 e. The van der Waals surface area contributed by atoms with Gasteiger partial charge in [-0.3, -0.25) is 0 Å². The number of hydrogen-bond donors (Lipinski definition) is 0. The maximum atomic E-state index is 5.04. The molecular weight excluding hydrogens is 763 g/mol. The topological polar surface area (TPSA) is 38.7 Å². The Labute approximate surface area is 370 Å². The molecule has 3 aliphatic carbocycles. The second-order valence-corrected chi connectivity index (χ2v) is 18.3. The quantitative estimate of drug-likeness (QED) is 0.168. The van der Waals surface area contributed by atoms with Crippen molar-refractivity contribution in [2.24, 2.45) is 0 Å². The van der Waals surface area contributed by atoms with Crippen molar-refractivity contribution < 1.29 is 0 Å². The van der Waals surface area contributed by atoms with Crippen LogP contribution >= 0.6 is 0 Å². The summed E-state index contributed by atoms with van der Waals surface area (Å²) in [5.41, 5.74) is 21.7. The van der Waals surface area contributed by atoms with Crippen LogP contribution in [0.1, 0.15) is 68.2 Å². The highest BCUT2D eigenvalue weighted by molar-refractivity contribution is 5.91. The Bertz CT molecular complexity index is 3190. The fraction of sp³-hybridized carbons (Fsp3) is 0.150. The van der Waals surface area contributed by atoms with E-state index in [-0.39, 0.29) is 10.8 Å². The number of nitrogens with zero attached hydrogens (tertiary/aromatic N) is 3. The molecule has 302 valence electrons. The van der Waals surface area contributed by atoms with Crippen molar-refractivity contribution in [2.45, 2.75) is 56.8 Å². The first kappa shape index (κ1) is 37.5. The molecule has 63 heavy (non-hydrogen) atoms. The molecule has 8 aromatic carbocycles. The first-order valence-corrected chi connectivity index (χ1v) is 22.6. The highest BCUT2D eigenvalue weighted by Crippen LogP contribution is 2.60. The van der Waals surface area contributed by atoms with Crippen LogP contribution in [0.3, 0.4) is 0 Å². The molecule has 0 radical (unpaired) electrons. The summed E-state index contributed by atoms with van der Waals surface area (Å²) in [4.78, 5) is 15.0. The number of hydrogen-bond acceptors (Lipinski definition) is 3. The third-order valence-electron chi connectivity index (χ3n) is 14.4. The van der Waals surface area contributed by atoms with Crippen molar-refractivity contribution >= 4 is 0 Å². The van der Waals surface area contributed by atoms with E-state index in [9.17, 15) is 0 Å². The van der Waals surface area contributed by atoms with Gasteiger partial charge in [-0.15, -0.1) is 0 Å². The predicted molar refractivity (Wildman–Crippen MR) is 259 cm³/mol. The predicted octanol–water partition coefficient (Wildman–Crippen LogP) is 15.4. The molecule has 3 heteroatoms. The Balaban J connectivity index is 0.875. The van der Waals surface area contributed by atoms with Crippen LogP contribution in [-0.4, -0.2) is 15.0 Å². The first-order chi connectivity index (χ1) is 30.9. The second kappa shape index (κ2) is 14.7. The van der Waals surface area contributed by atoms with Gasteiger partial charge in [0.15, 0.2) is 17.5 Å². The van der Waals surface area contributed by atoms with Gasteiger partial charge >= 0.3 is 0 Å². The standard InChI is InChI=1S/C60H47N3/c1-59(2)52-32-31-47(36-49(52)51-38-55-50(37-54(51)59)48-21-10-11-22-53(48)60(55)33-12-5-13-34-60)46-20-14-19-45(35-46)41-25-29-44(30-26-41)58-62-56(42-17-8-4-9-18-42)61-57(63-58)43-27-23-40(24-28-43)39-15-6-3-7-16-39/h3-4,6-11,14-32,35-38H,5,12-13,33-34H2,1-2H3. The third-order valence-corrected chi connectivity index (χ3v) is 14.4. The van der Waals surface area contributed by atoms with Gasteiger partial charge in [0.25, 0.3) is 0 Å². The fourth-order valence-corrected chi connectivity index (χ4v) is 11.1. The lowest BCUT2D eigenvalue weighted by molar-refractivity contribution is 0.353. The van der Waals surface area contributed by atoms with Gasteiger partial charge in [-0.1, -0.05) is 197 Å². The van der Waals surface area contributed by atoms with E-state index in [1.54, 1.807) is 11.1 Å². The Kier molecular flexibility index (Phi) is 8.76. The lowest BCUT2D eigenvalue weighted by Gasteiger charge is -2.36. The van der Waals surface area contributed by atoms with Crippen molar-refractivity contribution in [3.63, 3.8) is 0 Å². The van der Waals surface area contributed by atoms with E-state index in [2.05, 4.69) is 178 Å². The normalized spacial score (nSPS) is 15.1. The van der Waals surface area contributed by atoms with Crippen LogP contribution in [0, 0.1) is 0 Å². The molecule has 1 heterocycles. The number of benzene rings is 8.